The summed E-state index contributed by atoms with van der Waals surface area (Å²) in [6.07, 6.45) is 2.20. The Morgan fingerprint density at radius 2 is 1.90 bits per heavy atom. The van der Waals surface area contributed by atoms with Crippen molar-refractivity contribution in [2.24, 2.45) is 0 Å². The number of benzene rings is 1. The number of carbonyl (C=O) groups excluding carboxylic acids is 1. The Morgan fingerprint density at radius 3 is 2.40 bits per heavy atom. The van der Waals surface area contributed by atoms with E-state index in [-0.39, 0.29) is 5.78 Å². The lowest BCUT2D eigenvalue weighted by Gasteiger charge is -2.25. The number of nitrogens with zero attached hydrogens (tertiary/aromatic N) is 1. The molecule has 0 heterocycles. The van der Waals surface area contributed by atoms with Crippen molar-refractivity contribution < 1.29 is 9.53 Å². The van der Waals surface area contributed by atoms with Gasteiger partial charge in [-0.2, -0.15) is 0 Å². The molecule has 3 heteroatoms. The molecule has 112 valence electrons. The quantitative estimate of drug-likeness (QED) is 0.649. The molecular weight excluding hydrogens is 250 g/mol. The number of rotatable bonds is 9. The molecule has 0 atom stereocenters. The Morgan fingerprint density at radius 1 is 1.25 bits per heavy atom. The van der Waals surface area contributed by atoms with Gasteiger partial charge in [-0.05, 0) is 25.8 Å². The van der Waals surface area contributed by atoms with Gasteiger partial charge in [0.15, 0.2) is 5.78 Å². The topological polar surface area (TPSA) is 29.5 Å². The highest BCUT2D eigenvalue weighted by molar-refractivity contribution is 5.97. The summed E-state index contributed by atoms with van der Waals surface area (Å²) < 4.78 is 5.10. The second kappa shape index (κ2) is 8.88. The van der Waals surface area contributed by atoms with Crippen molar-refractivity contribution >= 4 is 5.78 Å². The Bertz CT molecular complexity index is 398. The molecule has 0 saturated heterocycles. The maximum Gasteiger partial charge on any atom is 0.176 e. The van der Waals surface area contributed by atoms with E-state index in [9.17, 15) is 4.79 Å². The van der Waals surface area contributed by atoms with E-state index in [1.807, 2.05) is 12.1 Å². The molecule has 0 bridgehead atoms. The molecule has 0 aliphatic carbocycles. The van der Waals surface area contributed by atoms with E-state index in [0.717, 1.165) is 24.9 Å². The van der Waals surface area contributed by atoms with E-state index in [0.29, 0.717) is 19.2 Å². The minimum Gasteiger partial charge on any atom is -0.383 e. The molecular formula is C17H27NO2. The van der Waals surface area contributed by atoms with Crippen molar-refractivity contribution in [2.75, 3.05) is 26.8 Å². The van der Waals surface area contributed by atoms with Crippen LogP contribution in [0.15, 0.2) is 24.3 Å². The summed E-state index contributed by atoms with van der Waals surface area (Å²) in [5, 5.41) is 0. The fourth-order valence-corrected chi connectivity index (χ4v) is 2.15. The fraction of sp³-hybridized carbons (Fsp3) is 0.588. The van der Waals surface area contributed by atoms with Gasteiger partial charge in [0.2, 0.25) is 0 Å². The van der Waals surface area contributed by atoms with Gasteiger partial charge >= 0.3 is 0 Å². The van der Waals surface area contributed by atoms with E-state index in [4.69, 9.17) is 4.74 Å². The zero-order valence-corrected chi connectivity index (χ0v) is 13.2. The van der Waals surface area contributed by atoms with E-state index in [1.54, 1.807) is 7.11 Å². The van der Waals surface area contributed by atoms with Crippen LogP contribution >= 0.6 is 0 Å². The summed E-state index contributed by atoms with van der Waals surface area (Å²) in [7, 11) is 1.69. The molecule has 0 saturated carbocycles. The van der Waals surface area contributed by atoms with Crippen LogP contribution in [0.2, 0.25) is 0 Å². The molecule has 1 rings (SSSR count). The van der Waals surface area contributed by atoms with E-state index in [2.05, 4.69) is 37.8 Å². The molecule has 0 aliphatic rings. The molecule has 0 amide bonds. The summed E-state index contributed by atoms with van der Waals surface area (Å²) in [6.45, 7) is 8.26. The molecule has 3 nitrogen and oxygen atoms in total. The van der Waals surface area contributed by atoms with E-state index < -0.39 is 0 Å². The molecule has 1 aromatic rings. The number of methoxy groups -OCH3 is 1. The Labute approximate surface area is 122 Å². The van der Waals surface area contributed by atoms with Crippen molar-refractivity contribution in [1.82, 2.24) is 4.90 Å². The summed E-state index contributed by atoms with van der Waals surface area (Å²) in [5.74, 6) is 0.179. The predicted molar refractivity (Wildman–Crippen MR) is 83.4 cm³/mol. The molecule has 0 aliphatic heterocycles. The SMILES string of the molecule is CCCc1ccc(C(=O)CN(CCOC)C(C)C)cc1. The van der Waals surface area contributed by atoms with Gasteiger partial charge in [-0.25, -0.2) is 0 Å². The average Bonchev–Trinajstić information content (AvgIpc) is 2.44. The van der Waals surface area contributed by atoms with Crippen LogP contribution in [0.25, 0.3) is 0 Å². The number of ketones is 1. The van der Waals surface area contributed by atoms with Gasteiger partial charge < -0.3 is 4.74 Å². The molecule has 0 fully saturated rings. The van der Waals surface area contributed by atoms with Crippen LogP contribution in [-0.4, -0.2) is 43.5 Å². The average molecular weight is 277 g/mol. The third kappa shape index (κ3) is 5.43. The summed E-state index contributed by atoms with van der Waals surface area (Å²) in [6, 6.07) is 8.36. The third-order valence-corrected chi connectivity index (χ3v) is 3.47. The molecule has 0 radical (unpaired) electrons. The second-order valence-corrected chi connectivity index (χ2v) is 5.43. The van der Waals surface area contributed by atoms with Crippen LogP contribution in [-0.2, 0) is 11.2 Å². The zero-order chi connectivity index (χ0) is 15.0. The first-order chi connectivity index (χ1) is 9.58. The highest BCUT2D eigenvalue weighted by Gasteiger charge is 2.15. The number of Topliss-reactive ketones (excluding diaryl/α,β-unsaturated/α-hetero) is 1. The van der Waals surface area contributed by atoms with Crippen LogP contribution < -0.4 is 0 Å². The molecule has 20 heavy (non-hydrogen) atoms. The largest absolute Gasteiger partial charge is 0.383 e. The van der Waals surface area contributed by atoms with Crippen molar-refractivity contribution in [3.8, 4) is 0 Å². The van der Waals surface area contributed by atoms with Gasteiger partial charge in [-0.1, -0.05) is 37.6 Å². The highest BCUT2D eigenvalue weighted by Crippen LogP contribution is 2.09. The minimum atomic E-state index is 0.179. The van der Waals surface area contributed by atoms with Crippen molar-refractivity contribution in [2.45, 2.75) is 39.7 Å². The number of hydrogen-bond acceptors (Lipinski definition) is 3. The van der Waals surface area contributed by atoms with Crippen molar-refractivity contribution in [1.29, 1.82) is 0 Å². The zero-order valence-electron chi connectivity index (χ0n) is 13.2. The van der Waals surface area contributed by atoms with Gasteiger partial charge in [0.05, 0.1) is 13.2 Å². The Hall–Kier alpha value is -1.19. The summed E-state index contributed by atoms with van der Waals surface area (Å²) in [4.78, 5) is 14.5. The van der Waals surface area contributed by atoms with Gasteiger partial charge in [0, 0.05) is 25.3 Å². The van der Waals surface area contributed by atoms with Crippen LogP contribution in [0.4, 0.5) is 0 Å². The number of ether oxygens (including phenoxy) is 1. The van der Waals surface area contributed by atoms with E-state index >= 15 is 0 Å². The lowest BCUT2D eigenvalue weighted by molar-refractivity contribution is 0.0852. The first-order valence-electron chi connectivity index (χ1n) is 7.43. The molecule has 0 N–H and O–H groups in total. The van der Waals surface area contributed by atoms with Gasteiger partial charge in [0.25, 0.3) is 0 Å². The number of carbonyl (C=O) groups is 1. The number of aryl methyl sites for hydroxylation is 1. The lowest BCUT2D eigenvalue weighted by Crippen LogP contribution is -2.38. The molecule has 0 unspecified atom stereocenters. The lowest BCUT2D eigenvalue weighted by atomic mass is 10.0. The van der Waals surface area contributed by atoms with Gasteiger partial charge in [0.1, 0.15) is 0 Å². The van der Waals surface area contributed by atoms with Crippen molar-refractivity contribution in [3.05, 3.63) is 35.4 Å². The molecule has 0 aromatic heterocycles. The number of hydrogen-bond donors (Lipinski definition) is 0. The first kappa shape index (κ1) is 16.9. The van der Waals surface area contributed by atoms with Gasteiger partial charge in [-0.15, -0.1) is 0 Å². The second-order valence-electron chi connectivity index (χ2n) is 5.43. The van der Waals surface area contributed by atoms with E-state index in [1.165, 1.54) is 5.56 Å². The molecule has 0 spiro atoms. The smallest absolute Gasteiger partial charge is 0.176 e. The van der Waals surface area contributed by atoms with Crippen LogP contribution in [0.3, 0.4) is 0 Å². The third-order valence-electron chi connectivity index (χ3n) is 3.47. The Kier molecular flexibility index (Phi) is 7.48. The van der Waals surface area contributed by atoms with Crippen molar-refractivity contribution in [3.63, 3.8) is 0 Å². The molecule has 1 aromatic carbocycles. The predicted octanol–water partition coefficient (Wildman–Crippen LogP) is 3.18. The first-order valence-corrected chi connectivity index (χ1v) is 7.43. The maximum atomic E-state index is 12.3. The van der Waals surface area contributed by atoms with Gasteiger partial charge in [-0.3, -0.25) is 9.69 Å². The van der Waals surface area contributed by atoms with Crippen LogP contribution in [0.5, 0.6) is 0 Å². The minimum absolute atomic E-state index is 0.179. The summed E-state index contributed by atoms with van der Waals surface area (Å²) >= 11 is 0. The maximum absolute atomic E-state index is 12.3. The summed E-state index contributed by atoms with van der Waals surface area (Å²) in [5.41, 5.74) is 2.09. The van der Waals surface area contributed by atoms with Crippen LogP contribution in [0, 0.1) is 0 Å². The Balaban J connectivity index is 2.63. The standard InChI is InChI=1S/C17H27NO2/c1-5-6-15-7-9-16(10-8-15)17(19)13-18(14(2)3)11-12-20-4/h7-10,14H,5-6,11-13H2,1-4H3. The highest BCUT2D eigenvalue weighted by atomic mass is 16.5. The fourth-order valence-electron chi connectivity index (χ4n) is 2.15. The normalized spacial score (nSPS) is 11.3. The van der Waals surface area contributed by atoms with Crippen LogP contribution in [0.1, 0.15) is 43.1 Å². The monoisotopic (exact) mass is 277 g/mol.